The van der Waals surface area contributed by atoms with E-state index in [1.54, 1.807) is 0 Å². The molecule has 1 aliphatic rings. The van der Waals surface area contributed by atoms with Crippen LogP contribution in [0.3, 0.4) is 0 Å². The molecule has 1 aliphatic carbocycles. The summed E-state index contributed by atoms with van der Waals surface area (Å²) in [4.78, 5) is 2.15. The normalized spacial score (nSPS) is 27.6. The van der Waals surface area contributed by atoms with Gasteiger partial charge in [0.05, 0.1) is 11.9 Å². The highest BCUT2D eigenvalue weighted by molar-refractivity contribution is 7.90. The van der Waals surface area contributed by atoms with E-state index in [-0.39, 0.29) is 17.8 Å². The lowest BCUT2D eigenvalue weighted by atomic mass is 10.1. The molecule has 0 bridgehead atoms. The number of aliphatic hydroxyl groups excluding tert-OH is 1. The standard InChI is InChI=1S/C12H25NO3S/c1-10(9-17(3,15)16)7-13(2)8-11-5-4-6-12(11)14/h10-12,14H,4-9H2,1-3H3. The van der Waals surface area contributed by atoms with Gasteiger partial charge in [0.25, 0.3) is 0 Å². The molecule has 0 spiro atoms. The Hall–Kier alpha value is -0.130. The van der Waals surface area contributed by atoms with Gasteiger partial charge in [0, 0.05) is 19.3 Å². The lowest BCUT2D eigenvalue weighted by Gasteiger charge is -2.25. The molecule has 0 aliphatic heterocycles. The van der Waals surface area contributed by atoms with E-state index in [1.165, 1.54) is 6.26 Å². The lowest BCUT2D eigenvalue weighted by molar-refractivity contribution is 0.106. The molecular formula is C12H25NO3S. The predicted octanol–water partition coefficient (Wildman–Crippen LogP) is 0.760. The van der Waals surface area contributed by atoms with Crippen LogP contribution in [0.15, 0.2) is 0 Å². The molecule has 0 amide bonds. The molecule has 1 saturated carbocycles. The highest BCUT2D eigenvalue weighted by Gasteiger charge is 2.26. The van der Waals surface area contributed by atoms with Crippen molar-refractivity contribution >= 4 is 9.84 Å². The Kier molecular flexibility index (Phi) is 5.41. The number of hydrogen-bond acceptors (Lipinski definition) is 4. The Bertz CT molecular complexity index is 329. The van der Waals surface area contributed by atoms with E-state index in [0.717, 1.165) is 32.4 Å². The third-order valence-corrected chi connectivity index (χ3v) is 4.55. The van der Waals surface area contributed by atoms with Crippen LogP contribution < -0.4 is 0 Å². The van der Waals surface area contributed by atoms with Crippen molar-refractivity contribution in [1.82, 2.24) is 4.90 Å². The second kappa shape index (κ2) is 6.16. The largest absolute Gasteiger partial charge is 0.393 e. The van der Waals surface area contributed by atoms with Crippen LogP contribution in [0, 0.1) is 11.8 Å². The summed E-state index contributed by atoms with van der Waals surface area (Å²) in [5.74, 6) is 0.754. The highest BCUT2D eigenvalue weighted by atomic mass is 32.2. The smallest absolute Gasteiger partial charge is 0.147 e. The van der Waals surface area contributed by atoms with Crippen LogP contribution in [-0.4, -0.2) is 56.7 Å². The maximum absolute atomic E-state index is 11.2. The summed E-state index contributed by atoms with van der Waals surface area (Å²) in [7, 11) is -0.879. The second-order valence-corrected chi connectivity index (χ2v) is 7.86. The molecule has 5 heteroatoms. The van der Waals surface area contributed by atoms with E-state index in [4.69, 9.17) is 0 Å². The third kappa shape index (κ3) is 5.84. The molecule has 1 fully saturated rings. The summed E-state index contributed by atoms with van der Waals surface area (Å²) >= 11 is 0. The average molecular weight is 263 g/mol. The van der Waals surface area contributed by atoms with Crippen LogP contribution in [0.2, 0.25) is 0 Å². The first-order chi connectivity index (χ1) is 7.78. The van der Waals surface area contributed by atoms with Crippen LogP contribution >= 0.6 is 0 Å². The van der Waals surface area contributed by atoms with Crippen molar-refractivity contribution in [3.05, 3.63) is 0 Å². The first kappa shape index (κ1) is 14.9. The molecule has 0 heterocycles. The van der Waals surface area contributed by atoms with Gasteiger partial charge in [-0.05, 0) is 31.7 Å². The molecule has 0 saturated heterocycles. The van der Waals surface area contributed by atoms with E-state index in [2.05, 4.69) is 4.90 Å². The molecule has 1 rings (SSSR count). The van der Waals surface area contributed by atoms with Crippen molar-refractivity contribution in [3.8, 4) is 0 Å². The molecule has 0 aromatic rings. The molecule has 0 radical (unpaired) electrons. The Morgan fingerprint density at radius 2 is 2.06 bits per heavy atom. The molecule has 4 nitrogen and oxygen atoms in total. The predicted molar refractivity (Wildman–Crippen MR) is 69.7 cm³/mol. The van der Waals surface area contributed by atoms with Crippen LogP contribution in [-0.2, 0) is 9.84 Å². The number of aliphatic hydroxyl groups is 1. The summed E-state index contributed by atoms with van der Waals surface area (Å²) in [5, 5.41) is 9.74. The maximum Gasteiger partial charge on any atom is 0.147 e. The SMILES string of the molecule is CC(CN(C)CC1CCCC1O)CS(C)(=O)=O. The first-order valence-electron chi connectivity index (χ1n) is 6.32. The van der Waals surface area contributed by atoms with E-state index < -0.39 is 9.84 Å². The van der Waals surface area contributed by atoms with Gasteiger partial charge in [0.15, 0.2) is 0 Å². The third-order valence-electron chi connectivity index (χ3n) is 3.38. The summed E-state index contributed by atoms with van der Waals surface area (Å²) in [5.41, 5.74) is 0. The van der Waals surface area contributed by atoms with Gasteiger partial charge in [-0.3, -0.25) is 0 Å². The fraction of sp³-hybridized carbons (Fsp3) is 1.00. The van der Waals surface area contributed by atoms with Gasteiger partial charge in [-0.15, -0.1) is 0 Å². The molecule has 1 N–H and O–H groups in total. The lowest BCUT2D eigenvalue weighted by Crippen LogP contribution is -2.34. The van der Waals surface area contributed by atoms with Crippen molar-refractivity contribution in [2.45, 2.75) is 32.3 Å². The van der Waals surface area contributed by atoms with Gasteiger partial charge in [-0.2, -0.15) is 0 Å². The molecule has 102 valence electrons. The van der Waals surface area contributed by atoms with Gasteiger partial charge in [-0.25, -0.2) is 8.42 Å². The van der Waals surface area contributed by atoms with E-state index in [1.807, 2.05) is 14.0 Å². The minimum Gasteiger partial charge on any atom is -0.393 e. The van der Waals surface area contributed by atoms with Crippen LogP contribution in [0.1, 0.15) is 26.2 Å². The fourth-order valence-electron chi connectivity index (χ4n) is 2.81. The summed E-state index contributed by atoms with van der Waals surface area (Å²) in [6, 6.07) is 0. The topological polar surface area (TPSA) is 57.6 Å². The monoisotopic (exact) mass is 263 g/mol. The van der Waals surface area contributed by atoms with E-state index in [9.17, 15) is 13.5 Å². The average Bonchev–Trinajstić information content (AvgIpc) is 2.47. The van der Waals surface area contributed by atoms with Crippen LogP contribution in [0.25, 0.3) is 0 Å². The van der Waals surface area contributed by atoms with Gasteiger partial charge in [0.1, 0.15) is 9.84 Å². The van der Waals surface area contributed by atoms with Crippen molar-refractivity contribution in [2.24, 2.45) is 11.8 Å². The highest BCUT2D eigenvalue weighted by Crippen LogP contribution is 2.26. The molecule has 3 unspecified atom stereocenters. The van der Waals surface area contributed by atoms with Gasteiger partial charge >= 0.3 is 0 Å². The van der Waals surface area contributed by atoms with Gasteiger partial charge < -0.3 is 10.0 Å². The molecule has 3 atom stereocenters. The molecular weight excluding hydrogens is 238 g/mol. The zero-order chi connectivity index (χ0) is 13.1. The zero-order valence-corrected chi connectivity index (χ0v) is 11.9. The van der Waals surface area contributed by atoms with Crippen molar-refractivity contribution < 1.29 is 13.5 Å². The number of rotatable bonds is 6. The quantitative estimate of drug-likeness (QED) is 0.768. The van der Waals surface area contributed by atoms with Crippen molar-refractivity contribution in [3.63, 3.8) is 0 Å². The number of sulfone groups is 1. The first-order valence-corrected chi connectivity index (χ1v) is 8.38. The summed E-state index contributed by atoms with van der Waals surface area (Å²) < 4.78 is 22.3. The Balaban J connectivity index is 2.31. The number of hydrogen-bond donors (Lipinski definition) is 1. The Labute approximate surface area is 105 Å². The van der Waals surface area contributed by atoms with Crippen LogP contribution in [0.4, 0.5) is 0 Å². The second-order valence-electron chi connectivity index (χ2n) is 5.68. The van der Waals surface area contributed by atoms with E-state index >= 15 is 0 Å². The van der Waals surface area contributed by atoms with E-state index in [0.29, 0.717) is 5.92 Å². The molecule has 0 aromatic carbocycles. The van der Waals surface area contributed by atoms with Crippen molar-refractivity contribution in [1.29, 1.82) is 0 Å². The number of nitrogens with zero attached hydrogens (tertiary/aromatic N) is 1. The minimum absolute atomic E-state index is 0.147. The summed E-state index contributed by atoms with van der Waals surface area (Å²) in [6.07, 6.45) is 4.23. The Morgan fingerprint density at radius 3 is 2.53 bits per heavy atom. The van der Waals surface area contributed by atoms with Crippen molar-refractivity contribution in [2.75, 3.05) is 32.1 Å². The fourth-order valence-corrected chi connectivity index (χ4v) is 3.95. The van der Waals surface area contributed by atoms with Gasteiger partial charge in [-0.1, -0.05) is 13.3 Å². The Morgan fingerprint density at radius 1 is 1.41 bits per heavy atom. The van der Waals surface area contributed by atoms with Gasteiger partial charge in [0.2, 0.25) is 0 Å². The van der Waals surface area contributed by atoms with Crippen LogP contribution in [0.5, 0.6) is 0 Å². The maximum atomic E-state index is 11.2. The zero-order valence-electron chi connectivity index (χ0n) is 11.1. The molecule has 0 aromatic heterocycles. The summed E-state index contributed by atoms with van der Waals surface area (Å²) in [6.45, 7) is 3.61. The molecule has 17 heavy (non-hydrogen) atoms. The minimum atomic E-state index is -2.88.